The van der Waals surface area contributed by atoms with Crippen molar-refractivity contribution < 1.29 is 14.3 Å². The van der Waals surface area contributed by atoms with Crippen LogP contribution in [-0.2, 0) is 11.3 Å². The smallest absolute Gasteiger partial charge is 0.337 e. The Kier molecular flexibility index (Phi) is 4.89. The molecule has 0 unspecified atom stereocenters. The van der Waals surface area contributed by atoms with Crippen molar-refractivity contribution in [2.75, 3.05) is 7.11 Å². The van der Waals surface area contributed by atoms with E-state index in [1.165, 1.54) is 7.11 Å². The summed E-state index contributed by atoms with van der Waals surface area (Å²) in [6, 6.07) is 15.3. The molecule has 5 nitrogen and oxygen atoms in total. The maximum atomic E-state index is 12.0. The second kappa shape index (κ2) is 7.04. The van der Waals surface area contributed by atoms with E-state index in [1.54, 1.807) is 48.5 Å². The third-order valence-electron chi connectivity index (χ3n) is 3.10. The Balaban J connectivity index is 1.97. The maximum Gasteiger partial charge on any atom is 0.337 e. The lowest BCUT2D eigenvalue weighted by molar-refractivity contribution is 0.0600. The Morgan fingerprint density at radius 2 is 1.64 bits per heavy atom. The Morgan fingerprint density at radius 1 is 1.05 bits per heavy atom. The molecule has 5 heteroatoms. The Hall–Kier alpha value is -3.13. The fourth-order valence-electron chi connectivity index (χ4n) is 1.86. The molecule has 2 aromatic rings. The molecular formula is C17H14N2O3. The lowest BCUT2D eigenvalue weighted by atomic mass is 10.1. The van der Waals surface area contributed by atoms with Crippen molar-refractivity contribution in [1.29, 1.82) is 5.26 Å². The van der Waals surface area contributed by atoms with Gasteiger partial charge in [-0.05, 0) is 42.0 Å². The van der Waals surface area contributed by atoms with E-state index in [9.17, 15) is 9.59 Å². The van der Waals surface area contributed by atoms with Gasteiger partial charge in [-0.2, -0.15) is 5.26 Å². The minimum Gasteiger partial charge on any atom is -0.465 e. The molecule has 1 N–H and O–H groups in total. The van der Waals surface area contributed by atoms with Crippen LogP contribution in [0.1, 0.15) is 31.8 Å². The second-order valence-electron chi connectivity index (χ2n) is 4.56. The van der Waals surface area contributed by atoms with Crippen LogP contribution in [0.5, 0.6) is 0 Å². The molecule has 0 aliphatic heterocycles. The van der Waals surface area contributed by atoms with Crippen LogP contribution >= 0.6 is 0 Å². The van der Waals surface area contributed by atoms with E-state index < -0.39 is 5.97 Å². The monoisotopic (exact) mass is 294 g/mol. The molecule has 0 aliphatic carbocycles. The van der Waals surface area contributed by atoms with Gasteiger partial charge in [-0.15, -0.1) is 0 Å². The summed E-state index contributed by atoms with van der Waals surface area (Å²) < 4.78 is 4.60. The number of hydrogen-bond acceptors (Lipinski definition) is 4. The SMILES string of the molecule is COC(=O)c1ccc(C(=O)NCc2ccc(C#N)cc2)cc1. The fraction of sp³-hybridized carbons (Fsp3) is 0.118. The van der Waals surface area contributed by atoms with E-state index in [4.69, 9.17) is 5.26 Å². The van der Waals surface area contributed by atoms with Crippen molar-refractivity contribution >= 4 is 11.9 Å². The lowest BCUT2D eigenvalue weighted by Gasteiger charge is -2.06. The molecule has 0 heterocycles. The molecule has 0 radical (unpaired) electrons. The molecule has 0 aromatic heterocycles. The first kappa shape index (κ1) is 15.3. The van der Waals surface area contributed by atoms with E-state index in [0.717, 1.165) is 5.56 Å². The molecule has 2 aromatic carbocycles. The topological polar surface area (TPSA) is 79.2 Å². The highest BCUT2D eigenvalue weighted by molar-refractivity contribution is 5.96. The normalized spacial score (nSPS) is 9.64. The third kappa shape index (κ3) is 3.70. The number of amides is 1. The van der Waals surface area contributed by atoms with Crippen LogP contribution in [0.15, 0.2) is 48.5 Å². The van der Waals surface area contributed by atoms with Gasteiger partial charge in [-0.1, -0.05) is 12.1 Å². The summed E-state index contributed by atoms with van der Waals surface area (Å²) in [5.74, 6) is -0.676. The number of esters is 1. The molecule has 0 bridgehead atoms. The molecule has 0 spiro atoms. The number of hydrogen-bond donors (Lipinski definition) is 1. The zero-order valence-corrected chi connectivity index (χ0v) is 12.0. The van der Waals surface area contributed by atoms with Crippen LogP contribution in [0, 0.1) is 11.3 Å². The van der Waals surface area contributed by atoms with Gasteiger partial charge in [0.05, 0.1) is 24.3 Å². The van der Waals surface area contributed by atoms with Crippen LogP contribution in [0.25, 0.3) is 0 Å². The van der Waals surface area contributed by atoms with E-state index >= 15 is 0 Å². The van der Waals surface area contributed by atoms with Crippen LogP contribution in [-0.4, -0.2) is 19.0 Å². The Morgan fingerprint density at radius 3 is 2.18 bits per heavy atom. The van der Waals surface area contributed by atoms with E-state index in [2.05, 4.69) is 10.1 Å². The van der Waals surface area contributed by atoms with Crippen molar-refractivity contribution in [3.63, 3.8) is 0 Å². The van der Waals surface area contributed by atoms with E-state index in [1.807, 2.05) is 6.07 Å². The number of carbonyl (C=O) groups excluding carboxylic acids is 2. The summed E-state index contributed by atoms with van der Waals surface area (Å²) in [4.78, 5) is 23.3. The van der Waals surface area contributed by atoms with Gasteiger partial charge in [0.25, 0.3) is 5.91 Å². The number of carbonyl (C=O) groups is 2. The summed E-state index contributed by atoms with van der Waals surface area (Å²) >= 11 is 0. The third-order valence-corrected chi connectivity index (χ3v) is 3.10. The predicted octanol–water partition coefficient (Wildman–Crippen LogP) is 2.27. The molecular weight excluding hydrogens is 280 g/mol. The van der Waals surface area contributed by atoms with Crippen LogP contribution < -0.4 is 5.32 Å². The highest BCUT2D eigenvalue weighted by Gasteiger charge is 2.08. The van der Waals surface area contributed by atoms with Crippen molar-refractivity contribution in [2.45, 2.75) is 6.54 Å². The molecule has 0 fully saturated rings. The first-order valence-electron chi connectivity index (χ1n) is 6.59. The predicted molar refractivity (Wildman–Crippen MR) is 80.1 cm³/mol. The molecule has 0 saturated heterocycles. The summed E-state index contributed by atoms with van der Waals surface area (Å²) in [6.45, 7) is 0.364. The number of ether oxygens (including phenoxy) is 1. The zero-order valence-electron chi connectivity index (χ0n) is 12.0. The van der Waals surface area contributed by atoms with Gasteiger partial charge < -0.3 is 10.1 Å². The average molecular weight is 294 g/mol. The number of nitriles is 1. The van der Waals surface area contributed by atoms with Gasteiger partial charge in [0.2, 0.25) is 0 Å². The largest absolute Gasteiger partial charge is 0.465 e. The molecule has 0 aliphatic rings. The molecule has 22 heavy (non-hydrogen) atoms. The van der Waals surface area contributed by atoms with Crippen molar-refractivity contribution in [3.05, 3.63) is 70.8 Å². The maximum absolute atomic E-state index is 12.0. The Labute approximate surface area is 128 Å². The minimum absolute atomic E-state index is 0.235. The zero-order chi connectivity index (χ0) is 15.9. The molecule has 0 atom stereocenters. The van der Waals surface area contributed by atoms with Crippen molar-refractivity contribution in [3.8, 4) is 6.07 Å². The minimum atomic E-state index is -0.440. The number of rotatable bonds is 4. The Bertz CT molecular complexity index is 713. The first-order valence-corrected chi connectivity index (χ1v) is 6.59. The fourth-order valence-corrected chi connectivity index (χ4v) is 1.86. The molecule has 110 valence electrons. The number of benzene rings is 2. The van der Waals surface area contributed by atoms with Crippen LogP contribution in [0.3, 0.4) is 0 Å². The average Bonchev–Trinajstić information content (AvgIpc) is 2.59. The summed E-state index contributed by atoms with van der Waals surface area (Å²) in [5, 5.41) is 11.5. The quantitative estimate of drug-likeness (QED) is 0.877. The number of nitrogens with one attached hydrogen (secondary N) is 1. The summed E-state index contributed by atoms with van der Waals surface area (Å²) in [6.07, 6.45) is 0. The first-order chi connectivity index (χ1) is 10.6. The highest BCUT2D eigenvalue weighted by atomic mass is 16.5. The van der Waals surface area contributed by atoms with E-state index in [-0.39, 0.29) is 5.91 Å². The standard InChI is InChI=1S/C17H14N2O3/c1-22-17(21)15-8-6-14(7-9-15)16(20)19-11-13-4-2-12(10-18)3-5-13/h2-9H,11H2,1H3,(H,19,20). The van der Waals surface area contributed by atoms with Crippen LogP contribution in [0.2, 0.25) is 0 Å². The van der Waals surface area contributed by atoms with Gasteiger partial charge in [0.15, 0.2) is 0 Å². The van der Waals surface area contributed by atoms with E-state index in [0.29, 0.717) is 23.2 Å². The second-order valence-corrected chi connectivity index (χ2v) is 4.56. The van der Waals surface area contributed by atoms with Crippen LogP contribution in [0.4, 0.5) is 0 Å². The van der Waals surface area contributed by atoms with Gasteiger partial charge in [0.1, 0.15) is 0 Å². The summed E-state index contributed by atoms with van der Waals surface area (Å²) in [5.41, 5.74) is 2.33. The van der Waals surface area contributed by atoms with Gasteiger partial charge >= 0.3 is 5.97 Å². The highest BCUT2D eigenvalue weighted by Crippen LogP contribution is 2.07. The molecule has 0 saturated carbocycles. The van der Waals surface area contributed by atoms with Gasteiger partial charge in [-0.3, -0.25) is 4.79 Å². The molecule has 2 rings (SSSR count). The summed E-state index contributed by atoms with van der Waals surface area (Å²) in [7, 11) is 1.31. The van der Waals surface area contributed by atoms with Gasteiger partial charge in [-0.25, -0.2) is 4.79 Å². The van der Waals surface area contributed by atoms with Gasteiger partial charge in [0, 0.05) is 12.1 Å². The number of nitrogens with zero attached hydrogens (tertiary/aromatic N) is 1. The van der Waals surface area contributed by atoms with Crippen molar-refractivity contribution in [2.24, 2.45) is 0 Å². The molecule has 1 amide bonds. The van der Waals surface area contributed by atoms with Crippen molar-refractivity contribution in [1.82, 2.24) is 5.32 Å². The lowest BCUT2D eigenvalue weighted by Crippen LogP contribution is -2.22. The number of methoxy groups -OCH3 is 1.